The highest BCUT2D eigenvalue weighted by molar-refractivity contribution is 7.94. The molecule has 0 bridgehead atoms. The Bertz CT molecular complexity index is 1150. The van der Waals surface area contributed by atoms with Gasteiger partial charge in [0.2, 0.25) is 0 Å². The second-order valence-corrected chi connectivity index (χ2v) is 11.1. The number of allylic oxidation sites excluding steroid dienone is 1. The molecule has 1 aliphatic rings. The smallest absolute Gasteiger partial charge is 0.319 e. The van der Waals surface area contributed by atoms with Crippen LogP contribution in [0.1, 0.15) is 19.5 Å². The van der Waals surface area contributed by atoms with Gasteiger partial charge < -0.3 is 25.2 Å². The summed E-state index contributed by atoms with van der Waals surface area (Å²) in [5.74, 6) is 0.811. The molecule has 190 valence electrons. The van der Waals surface area contributed by atoms with Gasteiger partial charge in [-0.2, -0.15) is 0 Å². The Labute approximate surface area is 207 Å². The van der Waals surface area contributed by atoms with Crippen LogP contribution in [0.2, 0.25) is 0 Å². The van der Waals surface area contributed by atoms with Crippen molar-refractivity contribution in [2.45, 2.75) is 25.6 Å². The van der Waals surface area contributed by atoms with E-state index >= 15 is 0 Å². The summed E-state index contributed by atoms with van der Waals surface area (Å²) in [5.41, 5.74) is 1.73. The maximum Gasteiger partial charge on any atom is 0.319 e. The maximum atomic E-state index is 12.5. The topological polar surface area (TPSA) is 117 Å². The molecule has 0 aliphatic carbocycles. The van der Waals surface area contributed by atoms with Gasteiger partial charge in [0.1, 0.15) is 5.82 Å². The summed E-state index contributed by atoms with van der Waals surface area (Å²) in [7, 11) is 0.348. The van der Waals surface area contributed by atoms with Gasteiger partial charge in [-0.1, -0.05) is 6.58 Å². The first-order chi connectivity index (χ1) is 16.5. The Morgan fingerprint density at radius 3 is 2.60 bits per heavy atom. The molecule has 0 saturated carbocycles. The van der Waals surface area contributed by atoms with Gasteiger partial charge in [-0.3, -0.25) is 0 Å². The largest absolute Gasteiger partial charge is 0.377 e. The number of carbonyl (C=O) groups is 1. The van der Waals surface area contributed by atoms with E-state index in [9.17, 15) is 13.2 Å². The van der Waals surface area contributed by atoms with Crippen molar-refractivity contribution in [2.24, 2.45) is 0 Å². The highest BCUT2D eigenvalue weighted by Gasteiger charge is 2.23. The summed E-state index contributed by atoms with van der Waals surface area (Å²) in [5, 5.41) is 5.60. The molecular weight excluding hydrogens is 468 g/mol. The number of nitrogens with one attached hydrogen (secondary N) is 2. The minimum Gasteiger partial charge on any atom is -0.377 e. The Morgan fingerprint density at radius 2 is 1.97 bits per heavy atom. The summed E-state index contributed by atoms with van der Waals surface area (Å²) < 4.78 is 30.6. The van der Waals surface area contributed by atoms with Gasteiger partial charge in [0.15, 0.2) is 15.7 Å². The molecule has 1 fully saturated rings. The second-order valence-electron chi connectivity index (χ2n) is 8.88. The molecule has 1 aliphatic heterocycles. The average Bonchev–Trinajstić information content (AvgIpc) is 2.79. The molecule has 10 nitrogen and oxygen atoms in total. The fraction of sp³-hybridized carbons (Fsp3) is 0.458. The summed E-state index contributed by atoms with van der Waals surface area (Å²) in [6.07, 6.45) is 0. The van der Waals surface area contributed by atoms with Crippen LogP contribution in [0.25, 0.3) is 11.4 Å². The first-order valence-electron chi connectivity index (χ1n) is 11.5. The van der Waals surface area contributed by atoms with Crippen LogP contribution in [0.15, 0.2) is 41.8 Å². The monoisotopic (exact) mass is 502 g/mol. The zero-order valence-electron chi connectivity index (χ0n) is 20.7. The number of hydrogen-bond acceptors (Lipinski definition) is 8. The lowest BCUT2D eigenvalue weighted by Crippen LogP contribution is -2.44. The van der Waals surface area contributed by atoms with E-state index < -0.39 is 9.84 Å². The lowest BCUT2D eigenvalue weighted by atomic mass is 10.2. The van der Waals surface area contributed by atoms with E-state index in [2.05, 4.69) is 27.1 Å². The third kappa shape index (κ3) is 7.48. The molecular formula is C24H34N6O4S. The van der Waals surface area contributed by atoms with Gasteiger partial charge in [-0.05, 0) is 52.2 Å². The predicted octanol–water partition coefficient (Wildman–Crippen LogP) is 2.50. The van der Waals surface area contributed by atoms with E-state index in [0.717, 1.165) is 6.54 Å². The average molecular weight is 503 g/mol. The number of morpholine rings is 1. The summed E-state index contributed by atoms with van der Waals surface area (Å²) in [6.45, 7) is 10.2. The molecule has 0 spiro atoms. The fourth-order valence-electron chi connectivity index (χ4n) is 3.49. The van der Waals surface area contributed by atoms with E-state index in [4.69, 9.17) is 9.72 Å². The quantitative estimate of drug-likeness (QED) is 0.537. The number of anilines is 2. The molecule has 35 heavy (non-hydrogen) atoms. The van der Waals surface area contributed by atoms with E-state index in [-0.39, 0.29) is 22.7 Å². The van der Waals surface area contributed by atoms with Crippen LogP contribution in [-0.4, -0.2) is 82.3 Å². The number of benzene rings is 1. The number of likely N-dealkylation sites (N-methyl/N-ethyl adjacent to an activating group) is 1. The van der Waals surface area contributed by atoms with Crippen molar-refractivity contribution in [3.05, 3.63) is 47.5 Å². The van der Waals surface area contributed by atoms with Crippen molar-refractivity contribution in [1.82, 2.24) is 20.2 Å². The number of carbonyl (C=O) groups excluding carboxylic acids is 1. The fourth-order valence-corrected chi connectivity index (χ4v) is 4.27. The standard InChI is InChI=1S/C24H34N6O4S/c1-17(2)35(32,33)16-21-14-22(30-12-13-34-15-18(30)3)28-23(26-21)19-6-8-20(9-7-19)27-24(31)25-10-11-29(4)5/h6-9,14,18H,1,10-13,15-16H2,2-5H3,(H2,25,27,31)/t18-/m0/s1. The lowest BCUT2D eigenvalue weighted by molar-refractivity contribution is 0.0985. The van der Waals surface area contributed by atoms with E-state index in [0.29, 0.717) is 54.9 Å². The zero-order valence-corrected chi connectivity index (χ0v) is 21.6. The minimum absolute atomic E-state index is 0.0923. The van der Waals surface area contributed by atoms with Crippen LogP contribution >= 0.6 is 0 Å². The molecule has 3 rings (SSSR count). The van der Waals surface area contributed by atoms with Gasteiger partial charge in [-0.15, -0.1) is 0 Å². The Morgan fingerprint density at radius 1 is 1.26 bits per heavy atom. The molecule has 11 heteroatoms. The Hall–Kier alpha value is -3.02. The normalized spacial score (nSPS) is 16.3. The molecule has 0 unspecified atom stereocenters. The number of aromatic nitrogens is 2. The van der Waals surface area contributed by atoms with Crippen molar-refractivity contribution in [1.29, 1.82) is 0 Å². The van der Waals surface area contributed by atoms with Crippen LogP contribution in [0.5, 0.6) is 0 Å². The summed E-state index contributed by atoms with van der Waals surface area (Å²) >= 11 is 0. The van der Waals surface area contributed by atoms with Gasteiger partial charge in [-0.25, -0.2) is 23.2 Å². The van der Waals surface area contributed by atoms with E-state index in [1.54, 1.807) is 30.3 Å². The van der Waals surface area contributed by atoms with Crippen LogP contribution in [0.4, 0.5) is 16.3 Å². The highest BCUT2D eigenvalue weighted by atomic mass is 32.2. The first-order valence-corrected chi connectivity index (χ1v) is 13.1. The van der Waals surface area contributed by atoms with Gasteiger partial charge in [0.05, 0.1) is 30.7 Å². The Kier molecular flexibility index (Phi) is 8.82. The third-order valence-electron chi connectivity index (χ3n) is 5.54. The van der Waals surface area contributed by atoms with Crippen LogP contribution < -0.4 is 15.5 Å². The summed E-state index contributed by atoms with van der Waals surface area (Å²) in [4.78, 5) is 25.5. The Balaban J connectivity index is 1.85. The number of nitrogens with zero attached hydrogens (tertiary/aromatic N) is 4. The zero-order chi connectivity index (χ0) is 25.6. The van der Waals surface area contributed by atoms with Gasteiger partial charge in [0.25, 0.3) is 0 Å². The molecule has 2 N–H and O–H groups in total. The van der Waals surface area contributed by atoms with Crippen LogP contribution in [-0.2, 0) is 20.3 Å². The minimum atomic E-state index is -3.53. The third-order valence-corrected chi connectivity index (χ3v) is 7.28. The first kappa shape index (κ1) is 26.6. The predicted molar refractivity (Wildman–Crippen MR) is 138 cm³/mol. The molecule has 2 amide bonds. The number of rotatable bonds is 9. The number of sulfone groups is 1. The van der Waals surface area contributed by atoms with Crippen LogP contribution in [0, 0.1) is 0 Å². The van der Waals surface area contributed by atoms with Crippen LogP contribution in [0.3, 0.4) is 0 Å². The number of hydrogen-bond donors (Lipinski definition) is 2. The molecule has 2 aromatic rings. The lowest BCUT2D eigenvalue weighted by Gasteiger charge is -2.34. The molecule has 1 saturated heterocycles. The van der Waals surface area contributed by atoms with Crippen molar-refractivity contribution in [2.75, 3.05) is 57.2 Å². The number of amides is 2. The number of urea groups is 1. The van der Waals surface area contributed by atoms with Crippen molar-refractivity contribution in [3.8, 4) is 11.4 Å². The second kappa shape index (κ2) is 11.6. The molecule has 1 aromatic carbocycles. The molecule has 2 heterocycles. The van der Waals surface area contributed by atoms with E-state index in [1.807, 2.05) is 25.9 Å². The van der Waals surface area contributed by atoms with Crippen molar-refractivity contribution in [3.63, 3.8) is 0 Å². The van der Waals surface area contributed by atoms with E-state index in [1.165, 1.54) is 6.92 Å². The summed E-state index contributed by atoms with van der Waals surface area (Å²) in [6, 6.07) is 8.65. The maximum absolute atomic E-state index is 12.5. The van der Waals surface area contributed by atoms with Gasteiger partial charge in [0, 0.05) is 41.9 Å². The molecule has 0 radical (unpaired) electrons. The van der Waals surface area contributed by atoms with Crippen molar-refractivity contribution < 1.29 is 17.9 Å². The molecule has 1 atom stereocenters. The van der Waals surface area contributed by atoms with Crippen molar-refractivity contribution >= 4 is 27.4 Å². The molecule has 1 aromatic heterocycles. The van der Waals surface area contributed by atoms with Gasteiger partial charge >= 0.3 is 6.03 Å². The SMILES string of the molecule is C=C(C)S(=O)(=O)Cc1cc(N2CCOC[C@@H]2C)nc(-c2ccc(NC(=O)NCCN(C)C)cc2)n1. The highest BCUT2D eigenvalue weighted by Crippen LogP contribution is 2.25. The number of ether oxygens (including phenoxy) is 1.